The normalized spacial score (nSPS) is 17.3. The molecular weight excluding hydrogens is 620 g/mol. The van der Waals surface area contributed by atoms with E-state index in [9.17, 15) is 13.9 Å². The molecule has 1 aromatic heterocycles. The maximum Gasteiger partial charge on any atom is 0.229 e. The van der Waals surface area contributed by atoms with Crippen molar-refractivity contribution in [2.45, 2.75) is 45.3 Å². The average Bonchev–Trinajstić information content (AvgIpc) is 2.97. The van der Waals surface area contributed by atoms with Crippen molar-refractivity contribution in [3.63, 3.8) is 0 Å². The van der Waals surface area contributed by atoms with Crippen LogP contribution in [0.3, 0.4) is 0 Å². The molecule has 0 atom stereocenters. The Morgan fingerprint density at radius 1 is 1.02 bits per heavy atom. The van der Waals surface area contributed by atoms with E-state index >= 15 is 0 Å². The van der Waals surface area contributed by atoms with Crippen molar-refractivity contribution in [2.75, 3.05) is 69.0 Å². The van der Waals surface area contributed by atoms with Crippen LogP contribution in [0.2, 0.25) is 0 Å². The standard InChI is InChI=1S/C31H40BrF2N7O2/c1-19-16-25(41-10-8-20(9-11-41)40-14-12-39(4)13-15-40)26(43-5)17-24(19)37-30-35-18-21(32)29(38-30)36-23-7-6-22(33)28(34)27(23)31(2,3)42/h6-7,16-18,20,42H,8-15H2,1-5H3,(H2,35,36,37,38). The van der Waals surface area contributed by atoms with Crippen LogP contribution in [0.4, 0.5) is 37.6 Å². The first-order valence-electron chi connectivity index (χ1n) is 14.6. The van der Waals surface area contributed by atoms with Gasteiger partial charge < -0.3 is 30.3 Å². The van der Waals surface area contributed by atoms with E-state index in [0.29, 0.717) is 22.3 Å². The van der Waals surface area contributed by atoms with Crippen LogP contribution in [0.1, 0.15) is 37.8 Å². The topological polar surface area (TPSA) is 89.0 Å². The van der Waals surface area contributed by atoms with E-state index in [0.717, 1.165) is 80.9 Å². The fraction of sp³-hybridized carbons (Fsp3) is 0.484. The minimum atomic E-state index is -1.63. The second-order valence-electron chi connectivity index (χ2n) is 11.9. The first-order chi connectivity index (χ1) is 20.4. The number of aromatic nitrogens is 2. The molecule has 0 aliphatic carbocycles. The van der Waals surface area contributed by atoms with Gasteiger partial charge in [-0.1, -0.05) is 0 Å². The number of hydrogen-bond donors (Lipinski definition) is 3. The first-order valence-corrected chi connectivity index (χ1v) is 15.4. The van der Waals surface area contributed by atoms with Gasteiger partial charge in [0.1, 0.15) is 11.6 Å². The molecule has 43 heavy (non-hydrogen) atoms. The molecule has 0 amide bonds. The molecule has 5 rings (SSSR count). The van der Waals surface area contributed by atoms with Gasteiger partial charge in [-0.25, -0.2) is 13.8 Å². The molecule has 2 fully saturated rings. The van der Waals surface area contributed by atoms with Gasteiger partial charge in [-0.2, -0.15) is 4.98 Å². The number of rotatable bonds is 8. The molecule has 2 aromatic carbocycles. The number of methoxy groups -OCH3 is 1. The van der Waals surface area contributed by atoms with E-state index in [1.54, 1.807) is 13.3 Å². The lowest BCUT2D eigenvalue weighted by molar-refractivity contribution is 0.0745. The lowest BCUT2D eigenvalue weighted by Gasteiger charge is -2.42. The molecule has 3 N–H and O–H groups in total. The fourth-order valence-corrected chi connectivity index (χ4v) is 6.18. The van der Waals surface area contributed by atoms with E-state index in [1.165, 1.54) is 19.9 Å². The number of aliphatic hydroxyl groups is 1. The Morgan fingerprint density at radius 2 is 1.72 bits per heavy atom. The third-order valence-corrected chi connectivity index (χ3v) is 8.92. The number of benzene rings is 2. The average molecular weight is 661 g/mol. The second kappa shape index (κ2) is 12.9. The van der Waals surface area contributed by atoms with Crippen LogP contribution < -0.4 is 20.3 Å². The lowest BCUT2D eigenvalue weighted by Crippen LogP contribution is -2.52. The summed E-state index contributed by atoms with van der Waals surface area (Å²) in [6.07, 6.45) is 3.82. The highest BCUT2D eigenvalue weighted by Crippen LogP contribution is 2.38. The van der Waals surface area contributed by atoms with Crippen molar-refractivity contribution in [1.82, 2.24) is 19.8 Å². The molecule has 9 nitrogen and oxygen atoms in total. The quantitative estimate of drug-likeness (QED) is 0.279. The Morgan fingerprint density at radius 3 is 2.37 bits per heavy atom. The Hall–Kier alpha value is -3.06. The van der Waals surface area contributed by atoms with Crippen LogP contribution in [0.25, 0.3) is 0 Å². The minimum absolute atomic E-state index is 0.190. The highest BCUT2D eigenvalue weighted by molar-refractivity contribution is 9.10. The molecule has 3 aromatic rings. The number of likely N-dealkylation sites (N-methyl/N-ethyl adjacent to an activating group) is 1. The van der Waals surface area contributed by atoms with Gasteiger partial charge in [-0.15, -0.1) is 0 Å². The number of piperidine rings is 1. The third-order valence-electron chi connectivity index (χ3n) is 8.34. The molecular formula is C31H40BrF2N7O2. The second-order valence-corrected chi connectivity index (χ2v) is 12.7. The van der Waals surface area contributed by atoms with Crippen molar-refractivity contribution < 1.29 is 18.6 Å². The zero-order valence-electron chi connectivity index (χ0n) is 25.3. The summed E-state index contributed by atoms with van der Waals surface area (Å²) < 4.78 is 35.0. The number of nitrogens with one attached hydrogen (secondary N) is 2. The van der Waals surface area contributed by atoms with E-state index in [2.05, 4.69) is 64.3 Å². The third kappa shape index (κ3) is 7.03. The molecule has 2 aliphatic heterocycles. The van der Waals surface area contributed by atoms with Crippen molar-refractivity contribution in [1.29, 1.82) is 0 Å². The van der Waals surface area contributed by atoms with Crippen molar-refractivity contribution in [3.05, 3.63) is 57.7 Å². The molecule has 0 unspecified atom stereocenters. The van der Waals surface area contributed by atoms with Crippen molar-refractivity contribution in [3.8, 4) is 5.75 Å². The molecule has 0 spiro atoms. The molecule has 0 radical (unpaired) electrons. The summed E-state index contributed by atoms with van der Waals surface area (Å²) >= 11 is 3.43. The molecule has 0 bridgehead atoms. The maximum atomic E-state index is 14.7. The number of nitrogens with zero attached hydrogens (tertiary/aromatic N) is 5. The molecule has 12 heteroatoms. The summed E-state index contributed by atoms with van der Waals surface area (Å²) in [5, 5.41) is 16.8. The minimum Gasteiger partial charge on any atom is -0.495 e. The SMILES string of the molecule is COc1cc(Nc2ncc(Br)c(Nc3ccc(F)c(F)c3C(C)(C)O)n2)c(C)cc1N1CCC(N2CCN(C)CC2)CC1. The summed E-state index contributed by atoms with van der Waals surface area (Å²) in [5.41, 5.74) is 1.21. The van der Waals surface area contributed by atoms with Crippen molar-refractivity contribution >= 4 is 44.8 Å². The largest absolute Gasteiger partial charge is 0.495 e. The number of hydrogen-bond acceptors (Lipinski definition) is 9. The number of anilines is 5. The summed E-state index contributed by atoms with van der Waals surface area (Å²) in [6, 6.07) is 7.09. The van der Waals surface area contributed by atoms with E-state index in [1.807, 2.05) is 13.0 Å². The van der Waals surface area contributed by atoms with Crippen LogP contribution >= 0.6 is 15.9 Å². The van der Waals surface area contributed by atoms with Crippen LogP contribution in [-0.2, 0) is 5.60 Å². The van der Waals surface area contributed by atoms with Gasteiger partial charge in [0.25, 0.3) is 0 Å². The number of aryl methyl sites for hydroxylation is 1. The molecule has 0 saturated carbocycles. The highest BCUT2D eigenvalue weighted by atomic mass is 79.9. The van der Waals surface area contributed by atoms with Crippen molar-refractivity contribution in [2.24, 2.45) is 0 Å². The van der Waals surface area contributed by atoms with Gasteiger partial charge in [-0.05, 0) is 80.4 Å². The van der Waals surface area contributed by atoms with E-state index < -0.39 is 17.2 Å². The number of halogens is 3. The van der Waals surface area contributed by atoms with Crippen LogP contribution in [-0.4, -0.2) is 84.3 Å². The predicted octanol–water partition coefficient (Wildman–Crippen LogP) is 5.77. The monoisotopic (exact) mass is 659 g/mol. The zero-order chi connectivity index (χ0) is 30.9. The number of piperazine rings is 1. The summed E-state index contributed by atoms with van der Waals surface area (Å²) in [7, 11) is 3.87. The summed E-state index contributed by atoms with van der Waals surface area (Å²) in [5.74, 6) is -0.785. The first kappa shape index (κ1) is 31.4. The van der Waals surface area contributed by atoms with Gasteiger partial charge in [-0.3, -0.25) is 4.90 Å². The van der Waals surface area contributed by atoms with Crippen LogP contribution in [0.15, 0.2) is 34.9 Å². The highest BCUT2D eigenvalue weighted by Gasteiger charge is 2.29. The van der Waals surface area contributed by atoms with Gasteiger partial charge in [0, 0.05) is 74.5 Å². The zero-order valence-corrected chi connectivity index (χ0v) is 26.9. The smallest absolute Gasteiger partial charge is 0.229 e. The molecule has 232 valence electrons. The Kier molecular flexibility index (Phi) is 9.40. The molecule has 2 aliphatic rings. The Labute approximate surface area is 260 Å². The van der Waals surface area contributed by atoms with E-state index in [4.69, 9.17) is 4.74 Å². The Bertz CT molecular complexity index is 1450. The summed E-state index contributed by atoms with van der Waals surface area (Å²) in [6.45, 7) is 11.3. The van der Waals surface area contributed by atoms with Gasteiger partial charge in [0.05, 0.1) is 22.9 Å². The van der Waals surface area contributed by atoms with Gasteiger partial charge >= 0.3 is 0 Å². The number of ether oxygens (including phenoxy) is 1. The predicted molar refractivity (Wildman–Crippen MR) is 170 cm³/mol. The fourth-order valence-electron chi connectivity index (χ4n) is 5.89. The van der Waals surface area contributed by atoms with Gasteiger partial charge in [0.2, 0.25) is 5.95 Å². The van der Waals surface area contributed by atoms with E-state index in [-0.39, 0.29) is 11.3 Å². The molecule has 2 saturated heterocycles. The maximum absolute atomic E-state index is 14.7. The lowest BCUT2D eigenvalue weighted by atomic mass is 9.95. The van der Waals surface area contributed by atoms with Gasteiger partial charge in [0.15, 0.2) is 11.6 Å². The molecule has 3 heterocycles. The van der Waals surface area contributed by atoms with Crippen LogP contribution in [0.5, 0.6) is 5.75 Å². The Balaban J connectivity index is 1.32. The van der Waals surface area contributed by atoms with Crippen LogP contribution in [0, 0.1) is 18.6 Å². The summed E-state index contributed by atoms with van der Waals surface area (Å²) in [4.78, 5) is 16.4.